The predicted molar refractivity (Wildman–Crippen MR) is 108 cm³/mol. The molecule has 1 amide bonds. The Labute approximate surface area is 169 Å². The normalized spacial score (nSPS) is 10.5. The minimum Gasteiger partial charge on any atom is -0.497 e. The number of hydrogen-bond acceptors (Lipinski definition) is 4. The van der Waals surface area contributed by atoms with Crippen LogP contribution in [0.1, 0.15) is 21.6 Å². The third-order valence-corrected chi connectivity index (χ3v) is 4.57. The molecule has 0 saturated heterocycles. The van der Waals surface area contributed by atoms with Crippen LogP contribution in [0.3, 0.4) is 0 Å². The number of ether oxygens (including phenoxy) is 2. The van der Waals surface area contributed by atoms with Gasteiger partial charge in [-0.2, -0.15) is 5.10 Å². The maximum absolute atomic E-state index is 12.5. The van der Waals surface area contributed by atoms with E-state index in [1.54, 1.807) is 18.7 Å². The largest absolute Gasteiger partial charge is 0.497 e. The van der Waals surface area contributed by atoms with Gasteiger partial charge in [-0.3, -0.25) is 4.79 Å². The molecule has 1 aromatic heterocycles. The van der Waals surface area contributed by atoms with Gasteiger partial charge in [0, 0.05) is 0 Å². The van der Waals surface area contributed by atoms with Crippen LogP contribution in [0.25, 0.3) is 0 Å². The highest BCUT2D eigenvalue weighted by atomic mass is 35.5. The summed E-state index contributed by atoms with van der Waals surface area (Å²) in [6, 6.07) is 17.1. The van der Waals surface area contributed by atoms with Gasteiger partial charge in [0.1, 0.15) is 23.3 Å². The van der Waals surface area contributed by atoms with Crippen LogP contribution in [-0.2, 0) is 6.54 Å². The molecular weight excluding hydrogens is 378 g/mol. The summed E-state index contributed by atoms with van der Waals surface area (Å²) < 4.78 is 12.4. The van der Waals surface area contributed by atoms with E-state index in [4.69, 9.17) is 21.1 Å². The number of aryl methyl sites for hydroxylation is 1. The van der Waals surface area contributed by atoms with Crippen molar-refractivity contribution in [2.75, 3.05) is 20.3 Å². The topological polar surface area (TPSA) is 65.4 Å². The number of amides is 1. The van der Waals surface area contributed by atoms with Crippen molar-refractivity contribution in [3.8, 4) is 11.5 Å². The SMILES string of the molecule is COc1ccc(OCCNC(=O)c2c(C)nn(Cc3ccccc3)c2Cl)cc1. The molecule has 0 saturated carbocycles. The molecule has 28 heavy (non-hydrogen) atoms. The molecule has 0 atom stereocenters. The first-order chi connectivity index (χ1) is 13.6. The second kappa shape index (κ2) is 9.28. The molecule has 6 nitrogen and oxygen atoms in total. The van der Waals surface area contributed by atoms with E-state index in [0.717, 1.165) is 11.3 Å². The third-order valence-electron chi connectivity index (χ3n) is 4.18. The fraction of sp³-hybridized carbons (Fsp3) is 0.238. The van der Waals surface area contributed by atoms with E-state index in [-0.39, 0.29) is 5.91 Å². The number of benzene rings is 2. The predicted octanol–water partition coefficient (Wildman–Crippen LogP) is 3.71. The van der Waals surface area contributed by atoms with E-state index in [1.165, 1.54) is 0 Å². The van der Waals surface area contributed by atoms with Crippen LogP contribution in [0.2, 0.25) is 5.15 Å². The number of hydrogen-bond donors (Lipinski definition) is 1. The molecule has 1 N–H and O–H groups in total. The monoisotopic (exact) mass is 399 g/mol. The zero-order valence-corrected chi connectivity index (χ0v) is 16.6. The first-order valence-corrected chi connectivity index (χ1v) is 9.28. The number of rotatable bonds is 8. The van der Waals surface area contributed by atoms with Gasteiger partial charge in [0.15, 0.2) is 0 Å². The number of aromatic nitrogens is 2. The zero-order chi connectivity index (χ0) is 19.9. The summed E-state index contributed by atoms with van der Waals surface area (Å²) in [5.41, 5.74) is 2.04. The van der Waals surface area contributed by atoms with Gasteiger partial charge in [0.05, 0.1) is 31.5 Å². The van der Waals surface area contributed by atoms with Gasteiger partial charge in [-0.1, -0.05) is 41.9 Å². The van der Waals surface area contributed by atoms with E-state index >= 15 is 0 Å². The first kappa shape index (κ1) is 19.8. The van der Waals surface area contributed by atoms with Crippen LogP contribution in [0.15, 0.2) is 54.6 Å². The molecule has 0 aliphatic rings. The molecule has 146 valence electrons. The maximum Gasteiger partial charge on any atom is 0.256 e. The lowest BCUT2D eigenvalue weighted by Gasteiger charge is -2.08. The molecule has 7 heteroatoms. The fourth-order valence-electron chi connectivity index (χ4n) is 2.77. The highest BCUT2D eigenvalue weighted by molar-refractivity contribution is 6.33. The lowest BCUT2D eigenvalue weighted by atomic mass is 10.2. The molecule has 1 heterocycles. The van der Waals surface area contributed by atoms with Crippen molar-refractivity contribution in [2.24, 2.45) is 0 Å². The van der Waals surface area contributed by atoms with Crippen molar-refractivity contribution in [1.82, 2.24) is 15.1 Å². The van der Waals surface area contributed by atoms with Gasteiger partial charge in [0.2, 0.25) is 0 Å². The summed E-state index contributed by atoms with van der Waals surface area (Å²) in [6.45, 7) is 2.97. The smallest absolute Gasteiger partial charge is 0.256 e. The van der Waals surface area contributed by atoms with Crippen molar-refractivity contribution in [3.63, 3.8) is 0 Å². The molecule has 0 radical (unpaired) electrons. The second-order valence-electron chi connectivity index (χ2n) is 6.17. The Morgan fingerprint density at radius 3 is 2.46 bits per heavy atom. The number of nitrogens with one attached hydrogen (secondary N) is 1. The van der Waals surface area contributed by atoms with E-state index in [9.17, 15) is 4.79 Å². The number of carbonyl (C=O) groups excluding carboxylic acids is 1. The minimum absolute atomic E-state index is 0.264. The zero-order valence-electron chi connectivity index (χ0n) is 15.8. The number of carbonyl (C=O) groups is 1. The Hall–Kier alpha value is -2.99. The number of halogens is 1. The fourth-order valence-corrected chi connectivity index (χ4v) is 3.09. The molecule has 0 bridgehead atoms. The second-order valence-corrected chi connectivity index (χ2v) is 6.53. The molecule has 3 rings (SSSR count). The summed E-state index contributed by atoms with van der Waals surface area (Å²) in [7, 11) is 1.61. The van der Waals surface area contributed by atoms with Crippen LogP contribution in [-0.4, -0.2) is 35.9 Å². The lowest BCUT2D eigenvalue weighted by molar-refractivity contribution is 0.0946. The van der Waals surface area contributed by atoms with Crippen LogP contribution >= 0.6 is 11.6 Å². The van der Waals surface area contributed by atoms with Crippen molar-refractivity contribution >= 4 is 17.5 Å². The standard InChI is InChI=1S/C21H22ClN3O3/c1-15-19(20(22)25(24-15)14-16-6-4-3-5-7-16)21(26)23-12-13-28-18-10-8-17(27-2)9-11-18/h3-11H,12-14H2,1-2H3,(H,23,26). The van der Waals surface area contributed by atoms with Crippen molar-refractivity contribution in [2.45, 2.75) is 13.5 Å². The van der Waals surface area contributed by atoms with Crippen LogP contribution in [0.4, 0.5) is 0 Å². The average Bonchev–Trinajstić information content (AvgIpc) is 2.99. The summed E-state index contributed by atoms with van der Waals surface area (Å²) in [6.07, 6.45) is 0. The summed E-state index contributed by atoms with van der Waals surface area (Å²) in [4.78, 5) is 12.5. The molecule has 3 aromatic rings. The number of methoxy groups -OCH3 is 1. The van der Waals surface area contributed by atoms with Gasteiger partial charge in [-0.15, -0.1) is 0 Å². The summed E-state index contributed by atoms with van der Waals surface area (Å²) >= 11 is 6.41. The highest BCUT2D eigenvalue weighted by Crippen LogP contribution is 2.21. The molecule has 0 spiro atoms. The van der Waals surface area contributed by atoms with Crippen LogP contribution in [0.5, 0.6) is 11.5 Å². The van der Waals surface area contributed by atoms with Gasteiger partial charge in [-0.25, -0.2) is 4.68 Å². The average molecular weight is 400 g/mol. The van der Waals surface area contributed by atoms with E-state index in [0.29, 0.717) is 41.9 Å². The quantitative estimate of drug-likeness (QED) is 0.586. The number of nitrogens with zero attached hydrogens (tertiary/aromatic N) is 2. The van der Waals surface area contributed by atoms with E-state index < -0.39 is 0 Å². The van der Waals surface area contributed by atoms with E-state index in [2.05, 4.69) is 10.4 Å². The maximum atomic E-state index is 12.5. The Bertz CT molecular complexity index is 924. The summed E-state index contributed by atoms with van der Waals surface area (Å²) in [5, 5.41) is 7.55. The third kappa shape index (κ3) is 4.84. The van der Waals surface area contributed by atoms with Gasteiger partial charge in [-0.05, 0) is 36.8 Å². The molecule has 0 aliphatic heterocycles. The Morgan fingerprint density at radius 1 is 1.11 bits per heavy atom. The molecule has 0 fully saturated rings. The Balaban J connectivity index is 1.55. The van der Waals surface area contributed by atoms with Gasteiger partial charge in [0.25, 0.3) is 5.91 Å². The molecular formula is C21H22ClN3O3. The van der Waals surface area contributed by atoms with Crippen LogP contribution in [0, 0.1) is 6.92 Å². The van der Waals surface area contributed by atoms with Crippen molar-refractivity contribution in [3.05, 3.63) is 76.6 Å². The van der Waals surface area contributed by atoms with Gasteiger partial charge >= 0.3 is 0 Å². The lowest BCUT2D eigenvalue weighted by Crippen LogP contribution is -2.28. The molecule has 2 aromatic carbocycles. The first-order valence-electron chi connectivity index (χ1n) is 8.90. The Kier molecular flexibility index (Phi) is 6.55. The highest BCUT2D eigenvalue weighted by Gasteiger charge is 2.20. The van der Waals surface area contributed by atoms with Crippen LogP contribution < -0.4 is 14.8 Å². The molecule has 0 aliphatic carbocycles. The van der Waals surface area contributed by atoms with Crippen molar-refractivity contribution in [1.29, 1.82) is 0 Å². The minimum atomic E-state index is -0.264. The van der Waals surface area contributed by atoms with E-state index in [1.807, 2.05) is 54.6 Å². The van der Waals surface area contributed by atoms with Crippen molar-refractivity contribution < 1.29 is 14.3 Å². The Morgan fingerprint density at radius 2 is 1.79 bits per heavy atom. The molecule has 0 unspecified atom stereocenters. The van der Waals surface area contributed by atoms with Gasteiger partial charge < -0.3 is 14.8 Å². The summed E-state index contributed by atoms with van der Waals surface area (Å²) in [5.74, 6) is 1.21.